The molecule has 0 spiro atoms. The molecule has 0 atom stereocenters. The van der Waals surface area contributed by atoms with E-state index in [1.54, 1.807) is 0 Å². The van der Waals surface area contributed by atoms with Crippen molar-refractivity contribution in [2.75, 3.05) is 0 Å². The van der Waals surface area contributed by atoms with Gasteiger partial charge >= 0.3 is 6.16 Å². The van der Waals surface area contributed by atoms with E-state index >= 15 is 0 Å². The lowest BCUT2D eigenvalue weighted by Gasteiger charge is -2.28. The fraction of sp³-hybridized carbons (Fsp3) is 0.923. The largest absolute Gasteiger partial charge is 0.509 e. The molecule has 0 radical (unpaired) electrons. The van der Waals surface area contributed by atoms with Crippen molar-refractivity contribution >= 4 is 6.16 Å². The molecule has 0 amide bonds. The predicted molar refractivity (Wildman–Crippen MR) is 63.4 cm³/mol. The van der Waals surface area contributed by atoms with Crippen molar-refractivity contribution < 1.29 is 14.3 Å². The maximum atomic E-state index is 11.6. The van der Waals surface area contributed by atoms with Crippen molar-refractivity contribution in [3.05, 3.63) is 0 Å². The van der Waals surface area contributed by atoms with Crippen molar-refractivity contribution in [3.63, 3.8) is 0 Å². The first kappa shape index (κ1) is 13.3. The molecule has 1 aliphatic rings. The molecule has 0 N–H and O–H groups in total. The van der Waals surface area contributed by atoms with Crippen LogP contribution in [-0.2, 0) is 9.47 Å². The van der Waals surface area contributed by atoms with Crippen LogP contribution in [0.5, 0.6) is 0 Å². The minimum atomic E-state index is -0.488. The van der Waals surface area contributed by atoms with Crippen molar-refractivity contribution in [3.8, 4) is 0 Å². The molecule has 16 heavy (non-hydrogen) atoms. The highest BCUT2D eigenvalue weighted by Crippen LogP contribution is 2.24. The Hall–Kier alpha value is -0.730. The molecule has 3 nitrogen and oxygen atoms in total. The molecular formula is C13H24O3. The Morgan fingerprint density at radius 3 is 2.25 bits per heavy atom. The molecule has 1 fully saturated rings. The van der Waals surface area contributed by atoms with E-state index in [0.29, 0.717) is 0 Å². The zero-order valence-corrected chi connectivity index (χ0v) is 10.8. The van der Waals surface area contributed by atoms with Gasteiger partial charge in [-0.1, -0.05) is 20.3 Å². The molecule has 0 saturated heterocycles. The molecule has 1 aliphatic carbocycles. The highest BCUT2D eigenvalue weighted by atomic mass is 16.7. The molecule has 1 rings (SSSR count). The lowest BCUT2D eigenvalue weighted by atomic mass is 9.98. The lowest BCUT2D eigenvalue weighted by molar-refractivity contribution is -0.0508. The van der Waals surface area contributed by atoms with Crippen LogP contribution in [0.25, 0.3) is 0 Å². The lowest BCUT2D eigenvalue weighted by Crippen LogP contribution is -2.32. The molecule has 0 aromatic carbocycles. The van der Waals surface area contributed by atoms with Crippen molar-refractivity contribution in [2.45, 2.75) is 77.4 Å². The number of hydrogen-bond donors (Lipinski definition) is 0. The molecule has 3 heteroatoms. The summed E-state index contributed by atoms with van der Waals surface area (Å²) >= 11 is 0. The van der Waals surface area contributed by atoms with Crippen molar-refractivity contribution in [1.82, 2.24) is 0 Å². The van der Waals surface area contributed by atoms with E-state index in [1.807, 2.05) is 20.8 Å². The smallest absolute Gasteiger partial charge is 0.431 e. The highest BCUT2D eigenvalue weighted by molar-refractivity contribution is 5.60. The van der Waals surface area contributed by atoms with Gasteiger partial charge in [0.1, 0.15) is 11.7 Å². The number of hydrogen-bond acceptors (Lipinski definition) is 3. The van der Waals surface area contributed by atoms with Crippen LogP contribution in [0.3, 0.4) is 0 Å². The standard InChI is InChI=1S/C13H24O3/c1-4-13(3,5-2)16-12(14)15-11-9-7-6-8-10-11/h11H,4-10H2,1-3H3. The fourth-order valence-electron chi connectivity index (χ4n) is 1.94. The van der Waals surface area contributed by atoms with E-state index < -0.39 is 6.16 Å². The second-order valence-electron chi connectivity index (χ2n) is 4.89. The van der Waals surface area contributed by atoms with Crippen LogP contribution in [-0.4, -0.2) is 17.9 Å². The van der Waals surface area contributed by atoms with Crippen molar-refractivity contribution in [1.29, 1.82) is 0 Å². The maximum Gasteiger partial charge on any atom is 0.509 e. The highest BCUT2D eigenvalue weighted by Gasteiger charge is 2.27. The quantitative estimate of drug-likeness (QED) is 0.681. The average molecular weight is 228 g/mol. The minimum Gasteiger partial charge on any atom is -0.431 e. The van der Waals surface area contributed by atoms with Gasteiger partial charge < -0.3 is 9.47 Å². The van der Waals surface area contributed by atoms with Crippen LogP contribution < -0.4 is 0 Å². The SMILES string of the molecule is CCC(C)(CC)OC(=O)OC1CCCCC1. The number of carbonyl (C=O) groups excluding carboxylic acids is 1. The van der Waals surface area contributed by atoms with Crippen LogP contribution >= 0.6 is 0 Å². The van der Waals surface area contributed by atoms with Gasteiger partial charge in [-0.05, 0) is 45.4 Å². The summed E-state index contributed by atoms with van der Waals surface area (Å²) in [7, 11) is 0. The summed E-state index contributed by atoms with van der Waals surface area (Å²) in [4.78, 5) is 11.6. The van der Waals surface area contributed by atoms with E-state index in [2.05, 4.69) is 0 Å². The fourth-order valence-corrected chi connectivity index (χ4v) is 1.94. The third-order valence-electron chi connectivity index (χ3n) is 3.64. The normalized spacial score (nSPS) is 18.2. The zero-order chi connectivity index (χ0) is 12.0. The van der Waals surface area contributed by atoms with E-state index in [4.69, 9.17) is 9.47 Å². The Balaban J connectivity index is 2.34. The molecule has 0 unspecified atom stereocenters. The molecule has 0 aromatic rings. The second-order valence-corrected chi connectivity index (χ2v) is 4.89. The molecule has 0 heterocycles. The van der Waals surface area contributed by atoms with E-state index in [9.17, 15) is 4.79 Å². The first-order valence-electron chi connectivity index (χ1n) is 6.49. The number of ether oxygens (including phenoxy) is 2. The first-order valence-corrected chi connectivity index (χ1v) is 6.49. The van der Waals surface area contributed by atoms with Crippen LogP contribution in [0.4, 0.5) is 4.79 Å². The summed E-state index contributed by atoms with van der Waals surface area (Å²) in [5.74, 6) is 0. The van der Waals surface area contributed by atoms with Crippen LogP contribution in [0.1, 0.15) is 65.7 Å². The Morgan fingerprint density at radius 1 is 1.19 bits per heavy atom. The topological polar surface area (TPSA) is 35.5 Å². The van der Waals surface area contributed by atoms with Gasteiger partial charge in [-0.3, -0.25) is 0 Å². The van der Waals surface area contributed by atoms with Gasteiger partial charge in [-0.15, -0.1) is 0 Å². The number of carbonyl (C=O) groups is 1. The molecule has 94 valence electrons. The Labute approximate surface area is 98.5 Å². The van der Waals surface area contributed by atoms with Gasteiger partial charge in [0.15, 0.2) is 0 Å². The third kappa shape index (κ3) is 4.03. The van der Waals surface area contributed by atoms with Crippen LogP contribution in [0, 0.1) is 0 Å². The third-order valence-corrected chi connectivity index (χ3v) is 3.64. The van der Waals surface area contributed by atoms with Crippen LogP contribution in [0.15, 0.2) is 0 Å². The monoisotopic (exact) mass is 228 g/mol. The maximum absolute atomic E-state index is 11.6. The minimum absolute atomic E-state index is 0.0826. The summed E-state index contributed by atoms with van der Waals surface area (Å²) in [6.45, 7) is 6.00. The second kappa shape index (κ2) is 6.12. The zero-order valence-electron chi connectivity index (χ0n) is 10.8. The van der Waals surface area contributed by atoms with Crippen LogP contribution in [0.2, 0.25) is 0 Å². The molecule has 0 bridgehead atoms. The molecular weight excluding hydrogens is 204 g/mol. The summed E-state index contributed by atoms with van der Waals surface area (Å²) in [5.41, 5.74) is -0.369. The Kier molecular flexibility index (Phi) is 5.10. The number of rotatable bonds is 4. The van der Waals surface area contributed by atoms with E-state index in [-0.39, 0.29) is 11.7 Å². The Morgan fingerprint density at radius 2 is 1.75 bits per heavy atom. The van der Waals surface area contributed by atoms with E-state index in [1.165, 1.54) is 6.42 Å². The summed E-state index contributed by atoms with van der Waals surface area (Å²) < 4.78 is 10.7. The van der Waals surface area contributed by atoms with Gasteiger partial charge in [0.05, 0.1) is 0 Å². The van der Waals surface area contributed by atoms with Crippen molar-refractivity contribution in [2.24, 2.45) is 0 Å². The van der Waals surface area contributed by atoms with Gasteiger partial charge in [-0.2, -0.15) is 0 Å². The predicted octanol–water partition coefficient (Wildman–Crippen LogP) is 4.05. The average Bonchev–Trinajstić information content (AvgIpc) is 2.30. The first-order chi connectivity index (χ1) is 7.59. The molecule has 0 aromatic heterocycles. The summed E-state index contributed by atoms with van der Waals surface area (Å²) in [6.07, 6.45) is 6.81. The van der Waals surface area contributed by atoms with E-state index in [0.717, 1.165) is 38.5 Å². The van der Waals surface area contributed by atoms with Gasteiger partial charge in [0, 0.05) is 0 Å². The Bertz CT molecular complexity index is 215. The summed E-state index contributed by atoms with van der Waals surface area (Å²) in [5, 5.41) is 0. The van der Waals surface area contributed by atoms with Gasteiger partial charge in [0.25, 0.3) is 0 Å². The van der Waals surface area contributed by atoms with Gasteiger partial charge in [-0.25, -0.2) is 4.79 Å². The molecule has 1 saturated carbocycles. The van der Waals surface area contributed by atoms with Gasteiger partial charge in [0.2, 0.25) is 0 Å². The summed E-state index contributed by atoms with van der Waals surface area (Å²) in [6, 6.07) is 0. The molecule has 0 aliphatic heterocycles.